The summed E-state index contributed by atoms with van der Waals surface area (Å²) in [5.41, 5.74) is 0.802. The normalized spacial score (nSPS) is 37.0. The minimum Gasteiger partial charge on any atom is -0.316 e. The van der Waals surface area contributed by atoms with Crippen molar-refractivity contribution < 1.29 is 0 Å². The van der Waals surface area contributed by atoms with Crippen LogP contribution in [-0.2, 0) is 0 Å². The summed E-state index contributed by atoms with van der Waals surface area (Å²) in [4.78, 5) is 2.73. The van der Waals surface area contributed by atoms with Gasteiger partial charge in [-0.3, -0.25) is 4.90 Å². The third-order valence-corrected chi connectivity index (χ3v) is 5.08. The molecule has 2 unspecified atom stereocenters. The summed E-state index contributed by atoms with van der Waals surface area (Å²) in [6.45, 7) is 7.76. The highest BCUT2D eigenvalue weighted by molar-refractivity contribution is 5.02. The Labute approximate surface area is 93.4 Å². The van der Waals surface area contributed by atoms with Gasteiger partial charge in [0.25, 0.3) is 0 Å². The van der Waals surface area contributed by atoms with Gasteiger partial charge in [-0.15, -0.1) is 0 Å². The van der Waals surface area contributed by atoms with Crippen molar-refractivity contribution in [3.05, 3.63) is 0 Å². The molecular formula is C13H24N2. The molecular weight excluding hydrogens is 184 g/mol. The molecule has 0 radical (unpaired) electrons. The minimum atomic E-state index is 0.802. The SMILES string of the molecule is CC(C1CCCNC1)N1CC2(CCC2)C1. The third-order valence-electron chi connectivity index (χ3n) is 5.08. The van der Waals surface area contributed by atoms with Crippen molar-refractivity contribution in [1.29, 1.82) is 0 Å². The zero-order valence-electron chi connectivity index (χ0n) is 9.97. The molecule has 3 aliphatic rings. The first kappa shape index (κ1) is 10.1. The van der Waals surface area contributed by atoms with Crippen molar-refractivity contribution in [2.24, 2.45) is 11.3 Å². The molecule has 1 aliphatic carbocycles. The molecule has 2 heteroatoms. The molecule has 0 aromatic carbocycles. The summed E-state index contributed by atoms with van der Waals surface area (Å²) in [5, 5.41) is 3.54. The van der Waals surface area contributed by atoms with Crippen LogP contribution in [0.2, 0.25) is 0 Å². The second-order valence-electron chi connectivity index (χ2n) is 6.11. The van der Waals surface area contributed by atoms with E-state index >= 15 is 0 Å². The van der Waals surface area contributed by atoms with Crippen LogP contribution >= 0.6 is 0 Å². The molecule has 0 aromatic heterocycles. The fourth-order valence-corrected chi connectivity index (χ4v) is 3.68. The van der Waals surface area contributed by atoms with Crippen molar-refractivity contribution in [3.8, 4) is 0 Å². The zero-order chi connectivity index (χ0) is 10.3. The molecule has 86 valence electrons. The molecule has 2 aliphatic heterocycles. The van der Waals surface area contributed by atoms with Crippen molar-refractivity contribution in [2.75, 3.05) is 26.2 Å². The average molecular weight is 208 g/mol. The van der Waals surface area contributed by atoms with Crippen molar-refractivity contribution in [2.45, 2.75) is 45.1 Å². The van der Waals surface area contributed by atoms with E-state index in [-0.39, 0.29) is 0 Å². The highest BCUT2D eigenvalue weighted by atomic mass is 15.2. The summed E-state index contributed by atoms with van der Waals surface area (Å²) in [5.74, 6) is 0.913. The van der Waals surface area contributed by atoms with Crippen LogP contribution in [0.3, 0.4) is 0 Å². The third kappa shape index (κ3) is 1.72. The van der Waals surface area contributed by atoms with E-state index in [1.165, 1.54) is 58.3 Å². The largest absolute Gasteiger partial charge is 0.316 e. The molecule has 3 rings (SSSR count). The van der Waals surface area contributed by atoms with Gasteiger partial charge in [0.15, 0.2) is 0 Å². The van der Waals surface area contributed by atoms with Gasteiger partial charge in [-0.2, -0.15) is 0 Å². The number of likely N-dealkylation sites (tertiary alicyclic amines) is 1. The quantitative estimate of drug-likeness (QED) is 0.745. The van der Waals surface area contributed by atoms with Crippen LogP contribution in [0, 0.1) is 11.3 Å². The van der Waals surface area contributed by atoms with Gasteiger partial charge in [-0.05, 0) is 57.0 Å². The molecule has 1 spiro atoms. The Hall–Kier alpha value is -0.0800. The molecule has 3 fully saturated rings. The minimum absolute atomic E-state index is 0.802. The van der Waals surface area contributed by atoms with Gasteiger partial charge in [-0.1, -0.05) is 6.42 Å². The number of rotatable bonds is 2. The molecule has 0 amide bonds. The van der Waals surface area contributed by atoms with E-state index in [0.29, 0.717) is 0 Å². The monoisotopic (exact) mass is 208 g/mol. The van der Waals surface area contributed by atoms with Gasteiger partial charge in [0.05, 0.1) is 0 Å². The second-order valence-corrected chi connectivity index (χ2v) is 6.11. The van der Waals surface area contributed by atoms with Crippen LogP contribution in [0.1, 0.15) is 39.0 Å². The fourth-order valence-electron chi connectivity index (χ4n) is 3.68. The van der Waals surface area contributed by atoms with Crippen molar-refractivity contribution in [1.82, 2.24) is 10.2 Å². The first-order chi connectivity index (χ1) is 7.29. The first-order valence-electron chi connectivity index (χ1n) is 6.74. The van der Waals surface area contributed by atoms with E-state index in [0.717, 1.165) is 17.4 Å². The molecule has 15 heavy (non-hydrogen) atoms. The number of hydrogen-bond donors (Lipinski definition) is 1. The van der Waals surface area contributed by atoms with E-state index in [1.54, 1.807) is 0 Å². The Bertz CT molecular complexity index is 221. The molecule has 0 bridgehead atoms. The molecule has 1 saturated carbocycles. The highest BCUT2D eigenvalue weighted by Crippen LogP contribution is 2.49. The highest BCUT2D eigenvalue weighted by Gasteiger charge is 2.49. The first-order valence-corrected chi connectivity index (χ1v) is 6.74. The fraction of sp³-hybridized carbons (Fsp3) is 1.00. The van der Waals surface area contributed by atoms with E-state index in [4.69, 9.17) is 0 Å². The maximum atomic E-state index is 3.54. The van der Waals surface area contributed by atoms with Gasteiger partial charge in [0.1, 0.15) is 0 Å². The lowest BCUT2D eigenvalue weighted by atomic mass is 9.63. The predicted molar refractivity (Wildman–Crippen MR) is 62.9 cm³/mol. The second kappa shape index (κ2) is 3.74. The Morgan fingerprint density at radius 1 is 1.27 bits per heavy atom. The summed E-state index contributed by atoms with van der Waals surface area (Å²) in [6, 6.07) is 0.823. The predicted octanol–water partition coefficient (Wildman–Crippen LogP) is 1.86. The van der Waals surface area contributed by atoms with E-state index in [2.05, 4.69) is 17.1 Å². The number of hydrogen-bond acceptors (Lipinski definition) is 2. The standard InChI is InChI=1S/C13H24N2/c1-11(12-4-2-7-14-8-12)15-9-13(10-15)5-3-6-13/h11-12,14H,2-10H2,1H3. The zero-order valence-corrected chi connectivity index (χ0v) is 9.97. The van der Waals surface area contributed by atoms with Crippen LogP contribution < -0.4 is 5.32 Å². The topological polar surface area (TPSA) is 15.3 Å². The summed E-state index contributed by atoms with van der Waals surface area (Å²) >= 11 is 0. The number of piperidine rings is 1. The maximum absolute atomic E-state index is 3.54. The Kier molecular flexibility index (Phi) is 2.52. The summed E-state index contributed by atoms with van der Waals surface area (Å²) < 4.78 is 0. The summed E-state index contributed by atoms with van der Waals surface area (Å²) in [6.07, 6.45) is 7.34. The smallest absolute Gasteiger partial charge is 0.0108 e. The number of nitrogens with one attached hydrogen (secondary N) is 1. The van der Waals surface area contributed by atoms with Crippen molar-refractivity contribution in [3.63, 3.8) is 0 Å². The van der Waals surface area contributed by atoms with Crippen molar-refractivity contribution >= 4 is 0 Å². The molecule has 2 heterocycles. The Balaban J connectivity index is 1.50. The van der Waals surface area contributed by atoms with Crippen LogP contribution in [0.4, 0.5) is 0 Å². The lowest BCUT2D eigenvalue weighted by Gasteiger charge is -2.59. The molecule has 2 nitrogen and oxygen atoms in total. The number of nitrogens with zero attached hydrogens (tertiary/aromatic N) is 1. The lowest BCUT2D eigenvalue weighted by molar-refractivity contribution is -0.0920. The average Bonchev–Trinajstić information content (AvgIpc) is 2.14. The summed E-state index contributed by atoms with van der Waals surface area (Å²) in [7, 11) is 0. The molecule has 1 N–H and O–H groups in total. The van der Waals surface area contributed by atoms with Crippen LogP contribution in [0.15, 0.2) is 0 Å². The molecule has 2 saturated heterocycles. The molecule has 0 aromatic rings. The van der Waals surface area contributed by atoms with Gasteiger partial charge in [0, 0.05) is 19.1 Å². The maximum Gasteiger partial charge on any atom is 0.0108 e. The van der Waals surface area contributed by atoms with E-state index in [9.17, 15) is 0 Å². The van der Waals surface area contributed by atoms with Crippen LogP contribution in [-0.4, -0.2) is 37.1 Å². The van der Waals surface area contributed by atoms with Gasteiger partial charge < -0.3 is 5.32 Å². The Morgan fingerprint density at radius 3 is 2.60 bits per heavy atom. The lowest BCUT2D eigenvalue weighted by Crippen LogP contribution is -2.64. The van der Waals surface area contributed by atoms with E-state index in [1.807, 2.05) is 0 Å². The van der Waals surface area contributed by atoms with Crippen LogP contribution in [0.25, 0.3) is 0 Å². The van der Waals surface area contributed by atoms with Gasteiger partial charge in [-0.25, -0.2) is 0 Å². The Morgan fingerprint density at radius 2 is 2.07 bits per heavy atom. The molecule has 2 atom stereocenters. The van der Waals surface area contributed by atoms with Crippen LogP contribution in [0.5, 0.6) is 0 Å². The van der Waals surface area contributed by atoms with Gasteiger partial charge >= 0.3 is 0 Å². The van der Waals surface area contributed by atoms with E-state index < -0.39 is 0 Å². The van der Waals surface area contributed by atoms with Gasteiger partial charge in [0.2, 0.25) is 0 Å².